The Hall–Kier alpha value is -1.33. The van der Waals surface area contributed by atoms with Crippen LogP contribution in [0.5, 0.6) is 0 Å². The molecule has 19 heavy (non-hydrogen) atoms. The van der Waals surface area contributed by atoms with Gasteiger partial charge in [-0.3, -0.25) is 0 Å². The third-order valence-corrected chi connectivity index (χ3v) is 3.19. The van der Waals surface area contributed by atoms with Crippen LogP contribution < -0.4 is 10.6 Å². The SMILES string of the molecule is CCCNc1nccc(Nc2ccc(Br)cc2Cl)n1. The molecule has 1 aromatic carbocycles. The number of halogens is 2. The third-order valence-electron chi connectivity index (χ3n) is 2.38. The normalized spacial score (nSPS) is 10.3. The van der Waals surface area contributed by atoms with Gasteiger partial charge in [0.15, 0.2) is 0 Å². The largest absolute Gasteiger partial charge is 0.354 e. The molecule has 1 heterocycles. The Morgan fingerprint density at radius 3 is 2.89 bits per heavy atom. The van der Waals surface area contributed by atoms with Gasteiger partial charge < -0.3 is 10.6 Å². The summed E-state index contributed by atoms with van der Waals surface area (Å²) in [5.41, 5.74) is 0.810. The van der Waals surface area contributed by atoms with E-state index < -0.39 is 0 Å². The van der Waals surface area contributed by atoms with Crippen molar-refractivity contribution in [2.45, 2.75) is 13.3 Å². The molecule has 6 heteroatoms. The number of nitrogens with one attached hydrogen (secondary N) is 2. The summed E-state index contributed by atoms with van der Waals surface area (Å²) in [5, 5.41) is 6.95. The molecule has 100 valence electrons. The first-order chi connectivity index (χ1) is 9.19. The van der Waals surface area contributed by atoms with Crippen LogP contribution in [0, 0.1) is 0 Å². The number of aromatic nitrogens is 2. The van der Waals surface area contributed by atoms with E-state index in [9.17, 15) is 0 Å². The minimum atomic E-state index is 0.611. The van der Waals surface area contributed by atoms with E-state index in [1.807, 2.05) is 18.2 Å². The van der Waals surface area contributed by atoms with Crippen LogP contribution in [0.2, 0.25) is 5.02 Å². The van der Waals surface area contributed by atoms with E-state index >= 15 is 0 Å². The van der Waals surface area contributed by atoms with E-state index in [-0.39, 0.29) is 0 Å². The molecule has 0 atom stereocenters. The summed E-state index contributed by atoms with van der Waals surface area (Å²) in [6, 6.07) is 7.45. The molecular weight excluding hydrogens is 328 g/mol. The number of rotatable bonds is 5. The van der Waals surface area contributed by atoms with Crippen LogP contribution in [0.1, 0.15) is 13.3 Å². The van der Waals surface area contributed by atoms with Crippen LogP contribution in [0.15, 0.2) is 34.9 Å². The Bertz CT molecular complexity index is 562. The molecule has 4 nitrogen and oxygen atoms in total. The van der Waals surface area contributed by atoms with Crippen LogP contribution in [-0.4, -0.2) is 16.5 Å². The van der Waals surface area contributed by atoms with Gasteiger partial charge in [0.25, 0.3) is 0 Å². The van der Waals surface area contributed by atoms with Gasteiger partial charge in [0.2, 0.25) is 5.95 Å². The summed E-state index contributed by atoms with van der Waals surface area (Å²) in [5.74, 6) is 1.32. The van der Waals surface area contributed by atoms with E-state index in [2.05, 4.69) is 43.5 Å². The van der Waals surface area contributed by atoms with Crippen molar-refractivity contribution in [2.24, 2.45) is 0 Å². The molecule has 0 saturated carbocycles. The zero-order valence-electron chi connectivity index (χ0n) is 10.5. The maximum Gasteiger partial charge on any atom is 0.224 e. The predicted molar refractivity (Wildman–Crippen MR) is 83.2 cm³/mol. The highest BCUT2D eigenvalue weighted by Crippen LogP contribution is 2.27. The molecule has 2 rings (SSSR count). The first-order valence-corrected chi connectivity index (χ1v) is 7.15. The molecule has 0 unspecified atom stereocenters. The summed E-state index contributed by atoms with van der Waals surface area (Å²) in [6.07, 6.45) is 2.74. The lowest BCUT2D eigenvalue weighted by Crippen LogP contribution is -2.05. The second kappa shape index (κ2) is 6.73. The van der Waals surface area contributed by atoms with Crippen molar-refractivity contribution in [2.75, 3.05) is 17.2 Å². The average molecular weight is 342 g/mol. The van der Waals surface area contributed by atoms with Crippen LogP contribution in [0.4, 0.5) is 17.5 Å². The Labute approximate surface area is 125 Å². The van der Waals surface area contributed by atoms with Gasteiger partial charge in [-0.25, -0.2) is 4.98 Å². The van der Waals surface area contributed by atoms with Crippen molar-refractivity contribution in [3.8, 4) is 0 Å². The van der Waals surface area contributed by atoms with Crippen LogP contribution in [0.25, 0.3) is 0 Å². The van der Waals surface area contributed by atoms with E-state index in [1.54, 1.807) is 12.3 Å². The van der Waals surface area contributed by atoms with Crippen molar-refractivity contribution < 1.29 is 0 Å². The summed E-state index contributed by atoms with van der Waals surface area (Å²) in [6.45, 7) is 2.94. The zero-order valence-corrected chi connectivity index (χ0v) is 12.8. The van der Waals surface area contributed by atoms with Gasteiger partial charge in [-0.15, -0.1) is 0 Å². The molecule has 0 saturated heterocycles. The standard InChI is InChI=1S/C13H14BrClN4/c1-2-6-16-13-17-7-5-12(19-13)18-11-4-3-9(14)8-10(11)15/h3-5,7-8H,2,6H2,1H3,(H2,16,17,18,19). The van der Waals surface area contributed by atoms with E-state index in [4.69, 9.17) is 11.6 Å². The fourth-order valence-electron chi connectivity index (χ4n) is 1.48. The molecular formula is C13H14BrClN4. The maximum atomic E-state index is 6.15. The topological polar surface area (TPSA) is 49.8 Å². The molecule has 0 radical (unpaired) electrons. The van der Waals surface area contributed by atoms with Gasteiger partial charge >= 0.3 is 0 Å². The fraction of sp³-hybridized carbons (Fsp3) is 0.231. The highest BCUT2D eigenvalue weighted by Gasteiger charge is 2.03. The predicted octanol–water partition coefficient (Wildman–Crippen LogP) is 4.46. The maximum absolute atomic E-state index is 6.15. The van der Waals surface area contributed by atoms with Crippen molar-refractivity contribution >= 4 is 45.0 Å². The number of hydrogen-bond donors (Lipinski definition) is 2. The van der Waals surface area contributed by atoms with Crippen molar-refractivity contribution in [1.82, 2.24) is 9.97 Å². The molecule has 2 N–H and O–H groups in total. The summed E-state index contributed by atoms with van der Waals surface area (Å²) < 4.78 is 0.941. The monoisotopic (exact) mass is 340 g/mol. The summed E-state index contributed by atoms with van der Waals surface area (Å²) in [4.78, 5) is 8.52. The Balaban J connectivity index is 2.14. The lowest BCUT2D eigenvalue weighted by atomic mass is 10.3. The van der Waals surface area contributed by atoms with Crippen LogP contribution in [0.3, 0.4) is 0 Å². The molecule has 0 aliphatic rings. The smallest absolute Gasteiger partial charge is 0.224 e. The van der Waals surface area contributed by atoms with Crippen molar-refractivity contribution in [3.63, 3.8) is 0 Å². The minimum Gasteiger partial charge on any atom is -0.354 e. The van der Waals surface area contributed by atoms with Gasteiger partial charge in [0, 0.05) is 17.2 Å². The lowest BCUT2D eigenvalue weighted by molar-refractivity contribution is 0.953. The molecule has 0 spiro atoms. The van der Waals surface area contributed by atoms with E-state index in [1.165, 1.54) is 0 Å². The highest BCUT2D eigenvalue weighted by atomic mass is 79.9. The molecule has 0 bridgehead atoms. The molecule has 1 aromatic heterocycles. The van der Waals surface area contributed by atoms with Gasteiger partial charge in [-0.1, -0.05) is 34.5 Å². The molecule has 0 amide bonds. The average Bonchev–Trinajstić information content (AvgIpc) is 2.40. The molecule has 0 fully saturated rings. The number of benzene rings is 1. The summed E-state index contributed by atoms with van der Waals surface area (Å²) in [7, 11) is 0. The second-order valence-electron chi connectivity index (χ2n) is 3.94. The van der Waals surface area contributed by atoms with Crippen molar-refractivity contribution in [1.29, 1.82) is 0 Å². The Morgan fingerprint density at radius 1 is 1.32 bits per heavy atom. The van der Waals surface area contributed by atoms with E-state index in [0.717, 1.165) is 23.1 Å². The number of hydrogen-bond acceptors (Lipinski definition) is 4. The van der Waals surface area contributed by atoms with Crippen LogP contribution in [-0.2, 0) is 0 Å². The quantitative estimate of drug-likeness (QED) is 0.843. The van der Waals surface area contributed by atoms with Gasteiger partial charge in [-0.2, -0.15) is 4.98 Å². The van der Waals surface area contributed by atoms with E-state index in [0.29, 0.717) is 16.8 Å². The van der Waals surface area contributed by atoms with Gasteiger partial charge in [0.1, 0.15) is 5.82 Å². The van der Waals surface area contributed by atoms with Gasteiger partial charge in [-0.05, 0) is 30.7 Å². The highest BCUT2D eigenvalue weighted by molar-refractivity contribution is 9.10. The minimum absolute atomic E-state index is 0.611. The van der Waals surface area contributed by atoms with Crippen molar-refractivity contribution in [3.05, 3.63) is 40.0 Å². The summed E-state index contributed by atoms with van der Waals surface area (Å²) >= 11 is 9.53. The molecule has 0 aliphatic heterocycles. The number of nitrogens with zero attached hydrogens (tertiary/aromatic N) is 2. The number of anilines is 3. The zero-order chi connectivity index (χ0) is 13.7. The fourth-order valence-corrected chi connectivity index (χ4v) is 2.20. The molecule has 2 aromatic rings. The third kappa shape index (κ3) is 4.08. The second-order valence-corrected chi connectivity index (χ2v) is 5.26. The first kappa shape index (κ1) is 14.1. The lowest BCUT2D eigenvalue weighted by Gasteiger charge is -2.09. The van der Waals surface area contributed by atoms with Gasteiger partial charge in [0.05, 0.1) is 10.7 Å². The molecule has 0 aliphatic carbocycles. The Kier molecular flexibility index (Phi) is 4.99. The van der Waals surface area contributed by atoms with Crippen LogP contribution >= 0.6 is 27.5 Å². The Morgan fingerprint density at radius 2 is 2.16 bits per heavy atom. The first-order valence-electron chi connectivity index (χ1n) is 5.98.